The SMILES string of the molecule is Cl.Cl.O=C(CCC1CCNC1)Nc1ccc(Oc2ncc(Cl)cc2Cl)cc1. The summed E-state index contributed by atoms with van der Waals surface area (Å²) in [6.45, 7) is 2.07. The zero-order valence-electron chi connectivity index (χ0n) is 14.4. The van der Waals surface area contributed by atoms with Gasteiger partial charge in [0.2, 0.25) is 11.8 Å². The van der Waals surface area contributed by atoms with Crippen LogP contribution >= 0.6 is 48.0 Å². The predicted molar refractivity (Wildman–Crippen MR) is 114 cm³/mol. The van der Waals surface area contributed by atoms with Crippen LogP contribution < -0.4 is 15.4 Å². The van der Waals surface area contributed by atoms with E-state index in [1.165, 1.54) is 6.20 Å². The minimum Gasteiger partial charge on any atom is -0.438 e. The Bertz CT molecular complexity index is 738. The summed E-state index contributed by atoms with van der Waals surface area (Å²) in [6.07, 6.45) is 4.08. The highest BCUT2D eigenvalue weighted by Gasteiger charge is 2.15. The summed E-state index contributed by atoms with van der Waals surface area (Å²) in [6, 6.07) is 8.65. The van der Waals surface area contributed by atoms with Crippen molar-refractivity contribution in [1.82, 2.24) is 10.3 Å². The van der Waals surface area contributed by atoms with Crippen molar-refractivity contribution in [1.29, 1.82) is 0 Å². The summed E-state index contributed by atoms with van der Waals surface area (Å²) in [4.78, 5) is 16.1. The summed E-state index contributed by atoms with van der Waals surface area (Å²) in [5.41, 5.74) is 0.733. The van der Waals surface area contributed by atoms with E-state index in [0.717, 1.165) is 31.6 Å². The highest BCUT2D eigenvalue weighted by molar-refractivity contribution is 6.35. The molecule has 0 radical (unpaired) electrons. The number of hydrogen-bond acceptors (Lipinski definition) is 4. The van der Waals surface area contributed by atoms with Gasteiger partial charge in [-0.2, -0.15) is 0 Å². The maximum atomic E-state index is 12.0. The number of aromatic nitrogens is 1. The minimum absolute atomic E-state index is 0. The lowest BCUT2D eigenvalue weighted by atomic mass is 10.0. The number of halogens is 4. The molecule has 2 heterocycles. The molecule has 27 heavy (non-hydrogen) atoms. The second-order valence-corrected chi connectivity index (χ2v) is 6.86. The lowest BCUT2D eigenvalue weighted by molar-refractivity contribution is -0.116. The van der Waals surface area contributed by atoms with E-state index in [4.69, 9.17) is 27.9 Å². The van der Waals surface area contributed by atoms with E-state index in [9.17, 15) is 4.79 Å². The van der Waals surface area contributed by atoms with E-state index in [1.54, 1.807) is 30.3 Å². The summed E-state index contributed by atoms with van der Waals surface area (Å²) in [5, 5.41) is 7.00. The van der Waals surface area contributed by atoms with Crippen LogP contribution in [0.25, 0.3) is 0 Å². The third-order valence-electron chi connectivity index (χ3n) is 4.07. The average molecular weight is 453 g/mol. The average Bonchev–Trinajstić information content (AvgIpc) is 3.11. The number of carbonyl (C=O) groups is 1. The van der Waals surface area contributed by atoms with Crippen LogP contribution in [0.1, 0.15) is 19.3 Å². The Morgan fingerprint density at radius 3 is 2.63 bits per heavy atom. The first-order valence-electron chi connectivity index (χ1n) is 8.19. The zero-order valence-corrected chi connectivity index (χ0v) is 17.6. The highest BCUT2D eigenvalue weighted by atomic mass is 35.5. The fourth-order valence-electron chi connectivity index (χ4n) is 2.71. The molecule has 0 aliphatic carbocycles. The predicted octanol–water partition coefficient (Wildman–Crippen LogP) is 5.35. The first-order chi connectivity index (χ1) is 12.1. The summed E-state index contributed by atoms with van der Waals surface area (Å²) in [5.74, 6) is 1.50. The molecule has 2 aromatic rings. The highest BCUT2D eigenvalue weighted by Crippen LogP contribution is 2.29. The molecule has 1 aromatic heterocycles. The molecule has 3 rings (SSSR count). The molecule has 1 aliphatic heterocycles. The lowest BCUT2D eigenvalue weighted by Gasteiger charge is -2.10. The number of amides is 1. The van der Waals surface area contributed by atoms with Gasteiger partial charge in [-0.3, -0.25) is 4.79 Å². The van der Waals surface area contributed by atoms with Crippen molar-refractivity contribution in [3.05, 3.63) is 46.6 Å². The normalized spacial score (nSPS) is 15.4. The van der Waals surface area contributed by atoms with Gasteiger partial charge in [0.05, 0.1) is 5.02 Å². The van der Waals surface area contributed by atoms with Crippen LogP contribution in [0.4, 0.5) is 5.69 Å². The van der Waals surface area contributed by atoms with Crippen LogP contribution in [0.15, 0.2) is 36.5 Å². The summed E-state index contributed by atoms with van der Waals surface area (Å²) in [7, 11) is 0. The molecule has 1 aliphatic rings. The molecule has 0 saturated carbocycles. The Kier molecular flexibility index (Phi) is 10.2. The van der Waals surface area contributed by atoms with E-state index >= 15 is 0 Å². The number of pyridine rings is 1. The van der Waals surface area contributed by atoms with Crippen molar-refractivity contribution in [3.63, 3.8) is 0 Å². The molecule has 9 heteroatoms. The van der Waals surface area contributed by atoms with Gasteiger partial charge in [-0.15, -0.1) is 24.8 Å². The molecule has 5 nitrogen and oxygen atoms in total. The molecule has 1 aromatic carbocycles. The van der Waals surface area contributed by atoms with Gasteiger partial charge >= 0.3 is 0 Å². The Morgan fingerprint density at radius 1 is 1.26 bits per heavy atom. The number of rotatable bonds is 6. The monoisotopic (exact) mass is 451 g/mol. The first kappa shape index (κ1) is 23.8. The van der Waals surface area contributed by atoms with Crippen molar-refractivity contribution in [2.45, 2.75) is 19.3 Å². The Hall–Kier alpha value is -1.24. The van der Waals surface area contributed by atoms with Crippen LogP contribution in [-0.4, -0.2) is 24.0 Å². The Morgan fingerprint density at radius 2 is 2.00 bits per heavy atom. The molecule has 2 N–H and O–H groups in total. The van der Waals surface area contributed by atoms with Crippen LogP contribution in [-0.2, 0) is 4.79 Å². The van der Waals surface area contributed by atoms with Crippen LogP contribution in [0, 0.1) is 5.92 Å². The van der Waals surface area contributed by atoms with Crippen molar-refractivity contribution in [3.8, 4) is 11.6 Å². The van der Waals surface area contributed by atoms with Crippen LogP contribution in [0.5, 0.6) is 11.6 Å². The van der Waals surface area contributed by atoms with E-state index in [-0.39, 0.29) is 36.6 Å². The lowest BCUT2D eigenvalue weighted by Crippen LogP contribution is -2.14. The maximum absolute atomic E-state index is 12.0. The second kappa shape index (κ2) is 11.6. The van der Waals surface area contributed by atoms with Crippen molar-refractivity contribution >= 4 is 59.6 Å². The second-order valence-electron chi connectivity index (χ2n) is 6.01. The quantitative estimate of drug-likeness (QED) is 0.619. The Balaban J connectivity index is 0.00000182. The number of ether oxygens (including phenoxy) is 1. The summed E-state index contributed by atoms with van der Waals surface area (Å²) < 4.78 is 5.62. The molecule has 1 atom stereocenters. The van der Waals surface area contributed by atoms with Crippen LogP contribution in [0.2, 0.25) is 10.0 Å². The van der Waals surface area contributed by atoms with E-state index in [0.29, 0.717) is 28.1 Å². The number of benzene rings is 1. The molecule has 1 unspecified atom stereocenters. The number of carbonyl (C=O) groups excluding carboxylic acids is 1. The number of nitrogens with zero attached hydrogens (tertiary/aromatic N) is 1. The molecule has 1 fully saturated rings. The van der Waals surface area contributed by atoms with Gasteiger partial charge in [-0.25, -0.2) is 4.98 Å². The molecular weight excluding hydrogens is 432 g/mol. The largest absolute Gasteiger partial charge is 0.438 e. The summed E-state index contributed by atoms with van der Waals surface area (Å²) >= 11 is 11.8. The molecule has 0 spiro atoms. The molecule has 1 saturated heterocycles. The fraction of sp³-hybridized carbons (Fsp3) is 0.333. The van der Waals surface area contributed by atoms with Gasteiger partial charge in [0.25, 0.3) is 0 Å². The number of nitrogens with one attached hydrogen (secondary N) is 2. The van der Waals surface area contributed by atoms with Gasteiger partial charge in [-0.05, 0) is 62.2 Å². The molecule has 0 bridgehead atoms. The van der Waals surface area contributed by atoms with E-state index in [1.807, 2.05) is 0 Å². The van der Waals surface area contributed by atoms with Crippen molar-refractivity contribution in [2.75, 3.05) is 18.4 Å². The van der Waals surface area contributed by atoms with Crippen molar-refractivity contribution < 1.29 is 9.53 Å². The third kappa shape index (κ3) is 7.35. The topological polar surface area (TPSA) is 63.2 Å². The van der Waals surface area contributed by atoms with Crippen LogP contribution in [0.3, 0.4) is 0 Å². The minimum atomic E-state index is 0. The number of hydrogen-bond donors (Lipinski definition) is 2. The van der Waals surface area contributed by atoms with Crippen molar-refractivity contribution in [2.24, 2.45) is 5.92 Å². The smallest absolute Gasteiger partial charge is 0.238 e. The molecular formula is C18H21Cl4N3O2. The Labute approximate surface area is 181 Å². The maximum Gasteiger partial charge on any atom is 0.238 e. The molecule has 1 amide bonds. The molecule has 148 valence electrons. The number of anilines is 1. The van der Waals surface area contributed by atoms with E-state index in [2.05, 4.69) is 15.6 Å². The van der Waals surface area contributed by atoms with E-state index < -0.39 is 0 Å². The van der Waals surface area contributed by atoms with Gasteiger partial charge in [0.1, 0.15) is 10.8 Å². The fourth-order valence-corrected chi connectivity index (χ4v) is 3.13. The van der Waals surface area contributed by atoms with Gasteiger partial charge in [0.15, 0.2) is 0 Å². The zero-order chi connectivity index (χ0) is 17.6. The van der Waals surface area contributed by atoms with Gasteiger partial charge in [0, 0.05) is 18.3 Å². The van der Waals surface area contributed by atoms with Gasteiger partial charge in [-0.1, -0.05) is 23.2 Å². The first-order valence-corrected chi connectivity index (χ1v) is 8.95. The standard InChI is InChI=1S/C18H19Cl2N3O2.2ClH/c19-13-9-16(20)18(22-11-13)25-15-4-2-14(3-5-15)23-17(24)6-1-12-7-8-21-10-12;;/h2-5,9,11-12,21H,1,6-8,10H2,(H,23,24);2*1H. The van der Waals surface area contributed by atoms with Gasteiger partial charge < -0.3 is 15.4 Å². The third-order valence-corrected chi connectivity index (χ3v) is 4.55.